The van der Waals surface area contributed by atoms with Gasteiger partial charge in [0.15, 0.2) is 6.61 Å². The van der Waals surface area contributed by atoms with Crippen molar-refractivity contribution < 1.29 is 23.6 Å². The first kappa shape index (κ1) is 20.0. The minimum absolute atomic E-state index is 0.0503. The van der Waals surface area contributed by atoms with Crippen LogP contribution < -0.4 is 10.6 Å². The van der Waals surface area contributed by atoms with Gasteiger partial charge in [0.25, 0.3) is 5.91 Å². The summed E-state index contributed by atoms with van der Waals surface area (Å²) in [5.41, 5.74) is 0.0689. The Morgan fingerprint density at radius 2 is 2.00 bits per heavy atom. The molecule has 0 fully saturated rings. The maximum Gasteiger partial charge on any atom is 0.321 e. The van der Waals surface area contributed by atoms with Crippen molar-refractivity contribution in [3.8, 4) is 11.5 Å². The van der Waals surface area contributed by atoms with E-state index in [1.54, 1.807) is 45.2 Å². The summed E-state index contributed by atoms with van der Waals surface area (Å²) in [6, 6.07) is 4.64. The number of amides is 3. The van der Waals surface area contributed by atoms with Crippen molar-refractivity contribution in [2.75, 3.05) is 6.61 Å². The van der Waals surface area contributed by atoms with Gasteiger partial charge in [0, 0.05) is 18.2 Å². The molecule has 0 aliphatic carbocycles. The minimum Gasteiger partial charge on any atom is -0.456 e. The van der Waals surface area contributed by atoms with Crippen LogP contribution in [0.4, 0.5) is 4.79 Å². The quantitative estimate of drug-likeness (QED) is 0.720. The monoisotopic (exact) mass is 375 g/mol. The van der Waals surface area contributed by atoms with Gasteiger partial charge in [0.2, 0.25) is 11.7 Å². The molecule has 2 aromatic heterocycles. The third kappa shape index (κ3) is 7.22. The van der Waals surface area contributed by atoms with E-state index in [-0.39, 0.29) is 18.7 Å². The Kier molecular flexibility index (Phi) is 6.58. The van der Waals surface area contributed by atoms with E-state index in [0.717, 1.165) is 0 Å². The second kappa shape index (κ2) is 8.88. The molecule has 3 amide bonds. The van der Waals surface area contributed by atoms with E-state index in [1.165, 1.54) is 0 Å². The van der Waals surface area contributed by atoms with Crippen LogP contribution in [0.25, 0.3) is 11.5 Å². The van der Waals surface area contributed by atoms with Gasteiger partial charge in [-0.25, -0.2) is 4.79 Å². The Labute approximate surface area is 155 Å². The molecule has 0 saturated carbocycles. The van der Waals surface area contributed by atoms with Crippen LogP contribution >= 0.6 is 0 Å². The average Bonchev–Trinajstić information content (AvgIpc) is 3.06. The van der Waals surface area contributed by atoms with Crippen molar-refractivity contribution in [2.45, 2.75) is 39.2 Å². The molecule has 2 heterocycles. The van der Waals surface area contributed by atoms with Crippen molar-refractivity contribution in [3.63, 3.8) is 0 Å². The fourth-order valence-electron chi connectivity index (χ4n) is 1.92. The summed E-state index contributed by atoms with van der Waals surface area (Å²) in [5, 5.41) is 8.42. The highest BCUT2D eigenvalue weighted by atomic mass is 16.5. The van der Waals surface area contributed by atoms with Gasteiger partial charge in [0.1, 0.15) is 5.69 Å². The molecule has 0 atom stereocenters. The van der Waals surface area contributed by atoms with Crippen molar-refractivity contribution in [1.82, 2.24) is 25.8 Å². The molecule has 0 radical (unpaired) electrons. The van der Waals surface area contributed by atoms with Crippen molar-refractivity contribution >= 4 is 17.9 Å². The lowest BCUT2D eigenvalue weighted by atomic mass is 10.1. The summed E-state index contributed by atoms with van der Waals surface area (Å²) in [6.07, 6.45) is 1.71. The van der Waals surface area contributed by atoms with E-state index in [2.05, 4.69) is 25.8 Å². The summed E-state index contributed by atoms with van der Waals surface area (Å²) in [4.78, 5) is 43.1. The third-order valence-electron chi connectivity index (χ3n) is 3.01. The van der Waals surface area contributed by atoms with E-state index in [1.807, 2.05) is 0 Å². The minimum atomic E-state index is -0.722. The van der Waals surface area contributed by atoms with E-state index in [9.17, 15) is 14.4 Å². The highest BCUT2D eigenvalue weighted by Crippen LogP contribution is 2.12. The first-order valence-electron chi connectivity index (χ1n) is 8.24. The number of esters is 1. The lowest BCUT2D eigenvalue weighted by Gasteiger charge is -2.20. The molecule has 2 N–H and O–H groups in total. The molecule has 0 spiro atoms. The zero-order valence-corrected chi connectivity index (χ0v) is 15.3. The summed E-state index contributed by atoms with van der Waals surface area (Å²) < 4.78 is 9.87. The number of hydrogen-bond acceptors (Lipinski definition) is 8. The summed E-state index contributed by atoms with van der Waals surface area (Å²) in [6.45, 7) is 4.76. The summed E-state index contributed by atoms with van der Waals surface area (Å²) in [5.74, 6) is -0.774. The van der Waals surface area contributed by atoms with Gasteiger partial charge in [-0.05, 0) is 32.9 Å². The Bertz CT molecular complexity index is 798. The van der Waals surface area contributed by atoms with E-state index in [4.69, 9.17) is 9.26 Å². The Hall–Kier alpha value is -3.30. The number of aryl methyl sites for hydroxylation is 1. The summed E-state index contributed by atoms with van der Waals surface area (Å²) in [7, 11) is 0. The maximum atomic E-state index is 11.7. The zero-order valence-electron chi connectivity index (χ0n) is 15.3. The van der Waals surface area contributed by atoms with Gasteiger partial charge >= 0.3 is 12.0 Å². The van der Waals surface area contributed by atoms with Crippen LogP contribution in [0.1, 0.15) is 33.1 Å². The van der Waals surface area contributed by atoms with Crippen LogP contribution in [0.3, 0.4) is 0 Å². The zero-order chi connectivity index (χ0) is 19.9. The molecule has 0 bridgehead atoms. The first-order valence-corrected chi connectivity index (χ1v) is 8.24. The van der Waals surface area contributed by atoms with Gasteiger partial charge in [-0.2, -0.15) is 4.98 Å². The molecule has 0 aliphatic rings. The van der Waals surface area contributed by atoms with E-state index < -0.39 is 30.1 Å². The normalized spacial score (nSPS) is 10.9. The second-order valence-electron chi connectivity index (χ2n) is 6.64. The van der Waals surface area contributed by atoms with Crippen LogP contribution in [0, 0.1) is 0 Å². The Morgan fingerprint density at radius 3 is 2.67 bits per heavy atom. The van der Waals surface area contributed by atoms with Gasteiger partial charge in [-0.15, -0.1) is 0 Å². The molecule has 0 saturated heterocycles. The van der Waals surface area contributed by atoms with E-state index in [0.29, 0.717) is 11.5 Å². The fourth-order valence-corrected chi connectivity index (χ4v) is 1.92. The lowest BCUT2D eigenvalue weighted by Crippen LogP contribution is -2.49. The second-order valence-corrected chi connectivity index (χ2v) is 6.64. The first-order chi connectivity index (χ1) is 12.7. The SMILES string of the molecule is CC(C)(C)NC(=O)NC(=O)COC(=O)CCc1nc(-c2ccccn2)no1. The van der Waals surface area contributed by atoms with Crippen LogP contribution in [0.5, 0.6) is 0 Å². The summed E-state index contributed by atoms with van der Waals surface area (Å²) >= 11 is 0. The standard InChI is InChI=1S/C17H21N5O5/c1-17(2,3)21-16(25)19-12(23)10-26-14(24)8-7-13-20-15(22-27-13)11-6-4-5-9-18-11/h4-6,9H,7-8,10H2,1-3H3,(H2,19,21,23,25). The maximum absolute atomic E-state index is 11.7. The van der Waals surface area contributed by atoms with Crippen molar-refractivity contribution in [2.24, 2.45) is 0 Å². The van der Waals surface area contributed by atoms with Gasteiger partial charge < -0.3 is 14.6 Å². The number of pyridine rings is 1. The molecule has 144 valence electrons. The van der Waals surface area contributed by atoms with E-state index >= 15 is 0 Å². The number of hydrogen-bond donors (Lipinski definition) is 2. The number of nitrogens with one attached hydrogen (secondary N) is 2. The topological polar surface area (TPSA) is 136 Å². The molecule has 2 rings (SSSR count). The number of carbonyl (C=O) groups excluding carboxylic acids is 3. The number of carbonyl (C=O) groups is 3. The lowest BCUT2D eigenvalue weighted by molar-refractivity contribution is -0.148. The number of rotatable bonds is 6. The molecular formula is C17H21N5O5. The van der Waals surface area contributed by atoms with Crippen LogP contribution in [-0.2, 0) is 20.7 Å². The van der Waals surface area contributed by atoms with Gasteiger partial charge in [-0.3, -0.25) is 19.9 Å². The molecule has 0 unspecified atom stereocenters. The number of nitrogens with zero attached hydrogens (tertiary/aromatic N) is 3. The number of urea groups is 1. The molecule has 10 nitrogen and oxygen atoms in total. The number of imide groups is 1. The van der Waals surface area contributed by atoms with Crippen LogP contribution in [-0.4, -0.2) is 45.2 Å². The largest absolute Gasteiger partial charge is 0.456 e. The Morgan fingerprint density at radius 1 is 1.22 bits per heavy atom. The Balaban J connectivity index is 1.71. The fraction of sp³-hybridized carbons (Fsp3) is 0.412. The molecule has 0 aromatic carbocycles. The average molecular weight is 375 g/mol. The highest BCUT2D eigenvalue weighted by Gasteiger charge is 2.17. The smallest absolute Gasteiger partial charge is 0.321 e. The molecule has 27 heavy (non-hydrogen) atoms. The van der Waals surface area contributed by atoms with Crippen molar-refractivity contribution in [1.29, 1.82) is 0 Å². The van der Waals surface area contributed by atoms with Crippen molar-refractivity contribution in [3.05, 3.63) is 30.3 Å². The van der Waals surface area contributed by atoms with Gasteiger partial charge in [0.05, 0.1) is 6.42 Å². The van der Waals surface area contributed by atoms with Gasteiger partial charge in [-0.1, -0.05) is 11.2 Å². The predicted octanol–water partition coefficient (Wildman–Crippen LogP) is 1.23. The predicted molar refractivity (Wildman–Crippen MR) is 93.2 cm³/mol. The highest BCUT2D eigenvalue weighted by molar-refractivity contribution is 5.95. The number of ether oxygens (including phenoxy) is 1. The molecule has 2 aromatic rings. The number of aromatic nitrogens is 3. The third-order valence-corrected chi connectivity index (χ3v) is 3.01. The van der Waals surface area contributed by atoms with Crippen LogP contribution in [0.15, 0.2) is 28.9 Å². The molecular weight excluding hydrogens is 354 g/mol. The molecule has 0 aliphatic heterocycles. The van der Waals surface area contributed by atoms with Crippen LogP contribution in [0.2, 0.25) is 0 Å². The molecule has 10 heteroatoms.